The van der Waals surface area contributed by atoms with Crippen molar-refractivity contribution in [3.63, 3.8) is 0 Å². The molecule has 3 aliphatic rings. The highest BCUT2D eigenvalue weighted by Crippen LogP contribution is 2.49. The van der Waals surface area contributed by atoms with Gasteiger partial charge in [0, 0.05) is 30.3 Å². The number of anilines is 4. The van der Waals surface area contributed by atoms with Crippen LogP contribution in [0.1, 0.15) is 5.56 Å². The van der Waals surface area contributed by atoms with Crippen molar-refractivity contribution in [2.24, 2.45) is 5.41 Å². The maximum atomic E-state index is 15.0. The summed E-state index contributed by atoms with van der Waals surface area (Å²) < 4.78 is 5.68. The van der Waals surface area contributed by atoms with E-state index in [1.165, 1.54) is 9.80 Å². The molecule has 4 aromatic carbocycles. The number of para-hydroxylation sites is 4. The van der Waals surface area contributed by atoms with Crippen LogP contribution in [0.2, 0.25) is 5.02 Å². The summed E-state index contributed by atoms with van der Waals surface area (Å²) in [7, 11) is 1.63. The van der Waals surface area contributed by atoms with E-state index in [4.69, 9.17) is 16.3 Å². The zero-order valence-electron chi connectivity index (χ0n) is 23.5. The predicted octanol–water partition coefficient (Wildman–Crippen LogP) is 5.79. The van der Waals surface area contributed by atoms with Crippen LogP contribution in [0.4, 0.5) is 27.5 Å². The van der Waals surface area contributed by atoms with E-state index in [2.05, 4.69) is 9.80 Å². The number of carbonyl (C=O) groups excluding carboxylic acids is 3. The van der Waals surface area contributed by atoms with Crippen LogP contribution in [0.3, 0.4) is 0 Å². The highest BCUT2D eigenvalue weighted by atomic mass is 35.5. The standard InChI is InChI=1S/C34H29ClN4O4/c1-43-29-15-9-8-14-27(29)36-18-19-37-28-20-24(35)17-16-23(28)21-34(30(37)22-36)31(40)38(25-10-4-2-5-11-25)33(42)39(32(34)41)26-12-6-3-7-13-26/h2-17,20,30H,18-19,21-22H2,1H3/t30-/m1/s1. The van der Waals surface area contributed by atoms with Gasteiger partial charge in [-0.25, -0.2) is 14.6 Å². The fourth-order valence-corrected chi connectivity index (χ4v) is 6.95. The second-order valence-electron chi connectivity index (χ2n) is 11.0. The molecule has 0 N–H and O–H groups in total. The number of nitrogens with zero attached hydrogens (tertiary/aromatic N) is 4. The average molecular weight is 593 g/mol. The monoisotopic (exact) mass is 592 g/mol. The summed E-state index contributed by atoms with van der Waals surface area (Å²) in [6, 6.07) is 29.7. The number of hydrogen-bond acceptors (Lipinski definition) is 6. The summed E-state index contributed by atoms with van der Waals surface area (Å²) >= 11 is 6.48. The molecule has 43 heavy (non-hydrogen) atoms. The van der Waals surface area contributed by atoms with Gasteiger partial charge in [-0.2, -0.15) is 0 Å². The van der Waals surface area contributed by atoms with E-state index in [0.29, 0.717) is 41.8 Å². The molecular formula is C34H29ClN4O4. The van der Waals surface area contributed by atoms with Crippen LogP contribution < -0.4 is 24.3 Å². The molecule has 2 fully saturated rings. The predicted molar refractivity (Wildman–Crippen MR) is 167 cm³/mol. The van der Waals surface area contributed by atoms with Crippen molar-refractivity contribution < 1.29 is 19.1 Å². The zero-order valence-corrected chi connectivity index (χ0v) is 24.3. The molecule has 0 aliphatic carbocycles. The number of rotatable bonds is 4. The van der Waals surface area contributed by atoms with Crippen LogP contribution >= 0.6 is 11.6 Å². The number of hydrogen-bond donors (Lipinski definition) is 0. The SMILES string of the molecule is COc1ccccc1N1CCN2c3cc(Cl)ccc3CC3(C(=O)N(c4ccccc4)C(=O)N(c4ccccc4)C3=O)[C@H]2C1. The molecule has 1 atom stereocenters. The average Bonchev–Trinajstić information content (AvgIpc) is 3.05. The Hall–Kier alpha value is -4.82. The first kappa shape index (κ1) is 27.0. The number of imide groups is 2. The minimum Gasteiger partial charge on any atom is -0.495 e. The number of barbiturate groups is 1. The molecule has 2 saturated heterocycles. The molecule has 0 bridgehead atoms. The Morgan fingerprint density at radius 2 is 1.35 bits per heavy atom. The van der Waals surface area contributed by atoms with E-state index in [0.717, 1.165) is 16.9 Å². The van der Waals surface area contributed by atoms with Crippen molar-refractivity contribution in [3.05, 3.63) is 114 Å². The number of urea groups is 1. The van der Waals surface area contributed by atoms with Gasteiger partial charge in [0.05, 0.1) is 30.2 Å². The van der Waals surface area contributed by atoms with Crippen molar-refractivity contribution in [3.8, 4) is 5.75 Å². The molecule has 8 nitrogen and oxygen atoms in total. The van der Waals surface area contributed by atoms with E-state index in [1.807, 2.05) is 48.5 Å². The summed E-state index contributed by atoms with van der Waals surface area (Å²) in [4.78, 5) is 50.7. The molecule has 0 saturated carbocycles. The van der Waals surface area contributed by atoms with E-state index in [9.17, 15) is 14.4 Å². The molecule has 1 spiro atoms. The van der Waals surface area contributed by atoms with Crippen molar-refractivity contribution in [1.29, 1.82) is 0 Å². The van der Waals surface area contributed by atoms with Gasteiger partial charge in [0.15, 0.2) is 5.41 Å². The first-order valence-corrected chi connectivity index (χ1v) is 14.6. The Morgan fingerprint density at radius 3 is 1.98 bits per heavy atom. The molecule has 0 unspecified atom stereocenters. The van der Waals surface area contributed by atoms with Crippen LogP contribution in [0.25, 0.3) is 0 Å². The minimum atomic E-state index is -1.61. The third kappa shape index (κ3) is 4.16. The molecule has 216 valence electrons. The normalized spacial score (nSPS) is 19.4. The number of methoxy groups -OCH3 is 1. The minimum absolute atomic E-state index is 0.123. The summed E-state index contributed by atoms with van der Waals surface area (Å²) in [6.45, 7) is 1.51. The molecule has 4 aromatic rings. The van der Waals surface area contributed by atoms with Gasteiger partial charge in [-0.05, 0) is 60.5 Å². The van der Waals surface area contributed by atoms with Crippen molar-refractivity contribution >= 4 is 52.2 Å². The quantitative estimate of drug-likeness (QED) is 0.280. The number of fused-ring (bicyclic) bond motifs is 4. The smallest absolute Gasteiger partial charge is 0.342 e. The highest BCUT2D eigenvalue weighted by molar-refractivity contribution is 6.39. The van der Waals surface area contributed by atoms with Gasteiger partial charge < -0.3 is 14.5 Å². The van der Waals surface area contributed by atoms with Gasteiger partial charge in [-0.3, -0.25) is 9.59 Å². The Kier molecular flexibility index (Phi) is 6.58. The summed E-state index contributed by atoms with van der Waals surface area (Å²) in [5.41, 5.74) is 1.83. The van der Waals surface area contributed by atoms with Gasteiger partial charge in [0.1, 0.15) is 5.75 Å². The maximum Gasteiger partial charge on any atom is 0.342 e. The molecule has 3 heterocycles. The van der Waals surface area contributed by atoms with Crippen LogP contribution in [0.15, 0.2) is 103 Å². The molecule has 4 amide bonds. The number of halogens is 1. The maximum absolute atomic E-state index is 15.0. The molecule has 3 aliphatic heterocycles. The Balaban J connectivity index is 1.44. The van der Waals surface area contributed by atoms with Gasteiger partial charge in [-0.15, -0.1) is 0 Å². The first-order chi connectivity index (χ1) is 20.9. The van der Waals surface area contributed by atoms with Crippen LogP contribution in [-0.2, 0) is 16.0 Å². The number of ether oxygens (including phenoxy) is 1. The third-order valence-electron chi connectivity index (χ3n) is 8.78. The lowest BCUT2D eigenvalue weighted by atomic mass is 9.67. The second-order valence-corrected chi connectivity index (χ2v) is 11.4. The molecular weight excluding hydrogens is 564 g/mol. The Morgan fingerprint density at radius 1 is 0.744 bits per heavy atom. The van der Waals surface area contributed by atoms with Gasteiger partial charge in [-0.1, -0.05) is 66.2 Å². The van der Waals surface area contributed by atoms with Gasteiger partial charge in [0.25, 0.3) is 11.8 Å². The molecule has 0 radical (unpaired) electrons. The lowest BCUT2D eigenvalue weighted by Gasteiger charge is -2.57. The lowest BCUT2D eigenvalue weighted by Crippen LogP contribution is -2.76. The number of amides is 4. The molecule has 0 aromatic heterocycles. The topological polar surface area (TPSA) is 73.4 Å². The van der Waals surface area contributed by atoms with E-state index < -0.39 is 29.3 Å². The second kappa shape index (κ2) is 10.5. The fourth-order valence-electron chi connectivity index (χ4n) is 6.79. The summed E-state index contributed by atoms with van der Waals surface area (Å²) in [6.07, 6.45) is 0.123. The number of piperazine rings is 1. The van der Waals surface area contributed by atoms with Crippen LogP contribution in [0, 0.1) is 5.41 Å². The molecule has 7 rings (SSSR count). The van der Waals surface area contributed by atoms with E-state index in [-0.39, 0.29) is 6.42 Å². The lowest BCUT2D eigenvalue weighted by molar-refractivity contribution is -0.143. The van der Waals surface area contributed by atoms with Crippen molar-refractivity contribution in [1.82, 2.24) is 0 Å². The van der Waals surface area contributed by atoms with E-state index in [1.54, 1.807) is 61.7 Å². The Labute approximate surface area is 254 Å². The first-order valence-electron chi connectivity index (χ1n) is 14.2. The summed E-state index contributed by atoms with van der Waals surface area (Å²) in [5.74, 6) is -0.353. The van der Waals surface area contributed by atoms with Crippen LogP contribution in [0.5, 0.6) is 5.75 Å². The van der Waals surface area contributed by atoms with Gasteiger partial charge in [0.2, 0.25) is 0 Å². The molecule has 9 heteroatoms. The number of benzene rings is 4. The van der Waals surface area contributed by atoms with Gasteiger partial charge >= 0.3 is 6.03 Å². The van der Waals surface area contributed by atoms with Crippen LogP contribution in [-0.4, -0.2) is 50.6 Å². The highest BCUT2D eigenvalue weighted by Gasteiger charge is 2.65. The summed E-state index contributed by atoms with van der Waals surface area (Å²) in [5, 5.41) is 0.578. The van der Waals surface area contributed by atoms with Crippen molar-refractivity contribution in [2.75, 3.05) is 46.3 Å². The third-order valence-corrected chi connectivity index (χ3v) is 9.02. The number of carbonyl (C=O) groups is 3. The van der Waals surface area contributed by atoms with Crippen molar-refractivity contribution in [2.45, 2.75) is 12.5 Å². The fraction of sp³-hybridized carbons (Fsp3) is 0.206. The Bertz CT molecular complexity index is 1670. The largest absolute Gasteiger partial charge is 0.495 e. The zero-order chi connectivity index (χ0) is 29.7. The van der Waals surface area contributed by atoms with E-state index >= 15 is 0 Å².